The second kappa shape index (κ2) is 7.09. The fraction of sp³-hybridized carbons (Fsp3) is 0.375. The summed E-state index contributed by atoms with van der Waals surface area (Å²) in [5.74, 6) is -0.450. The SMILES string of the molecule is COCCN1C(=O)N[C@H](c2ccccc2)C(C(=O)OC)=C1C. The number of rotatable bonds is 5. The van der Waals surface area contributed by atoms with Gasteiger partial charge in [0, 0.05) is 12.8 Å². The van der Waals surface area contributed by atoms with Crippen LogP contribution in [0.4, 0.5) is 4.79 Å². The number of benzene rings is 1. The molecule has 1 atom stereocenters. The zero-order valence-corrected chi connectivity index (χ0v) is 13.0. The molecule has 0 aliphatic carbocycles. The molecule has 1 aliphatic rings. The molecule has 1 aromatic carbocycles. The van der Waals surface area contributed by atoms with Crippen molar-refractivity contribution in [1.29, 1.82) is 0 Å². The number of carbonyl (C=O) groups is 2. The van der Waals surface area contributed by atoms with Gasteiger partial charge in [0.2, 0.25) is 0 Å². The maximum atomic E-state index is 12.3. The first-order chi connectivity index (χ1) is 10.6. The van der Waals surface area contributed by atoms with Gasteiger partial charge in [-0.15, -0.1) is 0 Å². The van der Waals surface area contributed by atoms with E-state index in [4.69, 9.17) is 9.47 Å². The number of methoxy groups -OCH3 is 2. The first-order valence-electron chi connectivity index (χ1n) is 7.01. The van der Waals surface area contributed by atoms with E-state index in [1.54, 1.807) is 14.0 Å². The van der Waals surface area contributed by atoms with E-state index in [-0.39, 0.29) is 6.03 Å². The van der Waals surface area contributed by atoms with Gasteiger partial charge in [-0.1, -0.05) is 30.3 Å². The van der Waals surface area contributed by atoms with Gasteiger partial charge in [-0.2, -0.15) is 0 Å². The third-order valence-electron chi connectivity index (χ3n) is 3.65. The fourth-order valence-corrected chi connectivity index (χ4v) is 2.50. The molecule has 0 unspecified atom stereocenters. The van der Waals surface area contributed by atoms with Gasteiger partial charge in [-0.05, 0) is 12.5 Å². The van der Waals surface area contributed by atoms with Crippen molar-refractivity contribution >= 4 is 12.0 Å². The molecule has 6 heteroatoms. The molecule has 0 bridgehead atoms. The number of carbonyl (C=O) groups excluding carboxylic acids is 2. The van der Waals surface area contributed by atoms with Crippen LogP contribution in [-0.4, -0.2) is 44.3 Å². The van der Waals surface area contributed by atoms with Crippen LogP contribution in [0, 0.1) is 0 Å². The predicted molar refractivity (Wildman–Crippen MR) is 81.0 cm³/mol. The Morgan fingerprint density at radius 2 is 1.95 bits per heavy atom. The molecular weight excluding hydrogens is 284 g/mol. The number of nitrogens with zero attached hydrogens (tertiary/aromatic N) is 1. The number of hydrogen-bond acceptors (Lipinski definition) is 4. The number of hydrogen-bond donors (Lipinski definition) is 1. The molecule has 0 aromatic heterocycles. The number of allylic oxidation sites excluding steroid dienone is 1. The lowest BCUT2D eigenvalue weighted by Crippen LogP contribution is -2.48. The van der Waals surface area contributed by atoms with E-state index in [0.29, 0.717) is 24.4 Å². The molecule has 6 nitrogen and oxygen atoms in total. The van der Waals surface area contributed by atoms with Crippen LogP contribution in [0.25, 0.3) is 0 Å². The van der Waals surface area contributed by atoms with Crippen LogP contribution >= 0.6 is 0 Å². The third kappa shape index (κ3) is 3.12. The van der Waals surface area contributed by atoms with Crippen molar-refractivity contribution < 1.29 is 19.1 Å². The lowest BCUT2D eigenvalue weighted by molar-refractivity contribution is -0.136. The molecule has 1 heterocycles. The lowest BCUT2D eigenvalue weighted by atomic mass is 9.95. The summed E-state index contributed by atoms with van der Waals surface area (Å²) >= 11 is 0. The van der Waals surface area contributed by atoms with Crippen LogP contribution in [0.15, 0.2) is 41.6 Å². The molecular formula is C16H20N2O4. The molecule has 0 saturated heterocycles. The Morgan fingerprint density at radius 1 is 1.27 bits per heavy atom. The standard InChI is InChI=1S/C16H20N2O4/c1-11-13(15(19)22-3)14(12-7-5-4-6-8-12)17-16(20)18(11)9-10-21-2/h4-8,14H,9-10H2,1-3H3,(H,17,20)/t14-/m1/s1. The summed E-state index contributed by atoms with van der Waals surface area (Å²) in [6, 6.07) is 8.58. The summed E-state index contributed by atoms with van der Waals surface area (Å²) in [7, 11) is 2.90. The highest BCUT2D eigenvalue weighted by molar-refractivity contribution is 5.94. The van der Waals surface area contributed by atoms with Crippen molar-refractivity contribution in [3.63, 3.8) is 0 Å². The predicted octanol–water partition coefficient (Wildman–Crippen LogP) is 1.85. The molecule has 118 valence electrons. The largest absolute Gasteiger partial charge is 0.466 e. The van der Waals surface area contributed by atoms with Crippen LogP contribution in [0.2, 0.25) is 0 Å². The second-order valence-electron chi connectivity index (χ2n) is 4.93. The Morgan fingerprint density at radius 3 is 2.55 bits per heavy atom. The van der Waals surface area contributed by atoms with Crippen molar-refractivity contribution in [3.05, 3.63) is 47.2 Å². The Kier molecular flexibility index (Phi) is 5.16. The summed E-state index contributed by atoms with van der Waals surface area (Å²) in [5.41, 5.74) is 1.85. The first kappa shape index (κ1) is 16.0. The monoisotopic (exact) mass is 304 g/mol. The smallest absolute Gasteiger partial charge is 0.337 e. The zero-order chi connectivity index (χ0) is 16.1. The molecule has 2 amide bonds. The maximum Gasteiger partial charge on any atom is 0.337 e. The van der Waals surface area contributed by atoms with Gasteiger partial charge < -0.3 is 14.8 Å². The number of ether oxygens (including phenoxy) is 2. The third-order valence-corrected chi connectivity index (χ3v) is 3.65. The minimum Gasteiger partial charge on any atom is -0.466 e. The van der Waals surface area contributed by atoms with Crippen LogP contribution in [0.5, 0.6) is 0 Å². The van der Waals surface area contributed by atoms with E-state index in [2.05, 4.69) is 5.32 Å². The maximum absolute atomic E-state index is 12.3. The van der Waals surface area contributed by atoms with Gasteiger partial charge in [0.1, 0.15) is 0 Å². The Labute approximate surface area is 129 Å². The molecule has 0 saturated carbocycles. The van der Waals surface area contributed by atoms with E-state index in [9.17, 15) is 9.59 Å². The summed E-state index contributed by atoms with van der Waals surface area (Å²) < 4.78 is 9.91. The molecule has 0 fully saturated rings. The van der Waals surface area contributed by atoms with Gasteiger partial charge in [0.25, 0.3) is 0 Å². The molecule has 22 heavy (non-hydrogen) atoms. The number of nitrogens with one attached hydrogen (secondary N) is 1. The van der Waals surface area contributed by atoms with Crippen LogP contribution in [0.3, 0.4) is 0 Å². The molecule has 1 aromatic rings. The quantitative estimate of drug-likeness (QED) is 0.843. The van der Waals surface area contributed by atoms with E-state index in [1.807, 2.05) is 30.3 Å². The van der Waals surface area contributed by atoms with E-state index in [0.717, 1.165) is 5.56 Å². The molecule has 1 N–H and O–H groups in total. The highest BCUT2D eigenvalue weighted by Gasteiger charge is 2.35. The Bertz CT molecular complexity index is 583. The second-order valence-corrected chi connectivity index (χ2v) is 4.93. The van der Waals surface area contributed by atoms with Crippen LogP contribution < -0.4 is 5.32 Å². The average Bonchev–Trinajstić information content (AvgIpc) is 2.54. The Balaban J connectivity index is 2.45. The minimum atomic E-state index is -0.514. The van der Waals surface area contributed by atoms with Crippen molar-refractivity contribution in [2.24, 2.45) is 0 Å². The van der Waals surface area contributed by atoms with Gasteiger partial charge in [-0.3, -0.25) is 4.90 Å². The van der Waals surface area contributed by atoms with Gasteiger partial charge in [0.05, 0.1) is 31.9 Å². The zero-order valence-electron chi connectivity index (χ0n) is 13.0. The van der Waals surface area contributed by atoms with Crippen molar-refractivity contribution in [2.45, 2.75) is 13.0 Å². The number of urea groups is 1. The van der Waals surface area contributed by atoms with Crippen LogP contribution in [0.1, 0.15) is 18.5 Å². The molecule has 2 rings (SSSR count). The summed E-state index contributed by atoms with van der Waals surface area (Å²) in [6.07, 6.45) is 0. The summed E-state index contributed by atoms with van der Waals surface area (Å²) in [5, 5.41) is 2.86. The lowest BCUT2D eigenvalue weighted by Gasteiger charge is -2.35. The van der Waals surface area contributed by atoms with Gasteiger partial charge in [0.15, 0.2) is 0 Å². The van der Waals surface area contributed by atoms with Gasteiger partial charge in [-0.25, -0.2) is 9.59 Å². The summed E-state index contributed by atoms with van der Waals surface area (Å²) in [6.45, 7) is 2.50. The van der Waals surface area contributed by atoms with Gasteiger partial charge >= 0.3 is 12.0 Å². The van der Waals surface area contributed by atoms with Crippen molar-refractivity contribution in [1.82, 2.24) is 10.2 Å². The highest BCUT2D eigenvalue weighted by atomic mass is 16.5. The fourth-order valence-electron chi connectivity index (χ4n) is 2.50. The average molecular weight is 304 g/mol. The normalized spacial score (nSPS) is 18.2. The van der Waals surface area contributed by atoms with E-state index in [1.165, 1.54) is 12.0 Å². The van der Waals surface area contributed by atoms with Crippen molar-refractivity contribution in [3.8, 4) is 0 Å². The topological polar surface area (TPSA) is 67.9 Å². The van der Waals surface area contributed by atoms with Crippen molar-refractivity contribution in [2.75, 3.05) is 27.4 Å². The van der Waals surface area contributed by atoms with E-state index >= 15 is 0 Å². The first-order valence-corrected chi connectivity index (χ1v) is 7.01. The number of amides is 2. The Hall–Kier alpha value is -2.34. The minimum absolute atomic E-state index is 0.254. The molecule has 1 aliphatic heterocycles. The van der Waals surface area contributed by atoms with Crippen LogP contribution in [-0.2, 0) is 14.3 Å². The number of esters is 1. The van der Waals surface area contributed by atoms with E-state index < -0.39 is 12.0 Å². The highest BCUT2D eigenvalue weighted by Crippen LogP contribution is 2.30. The molecule has 0 radical (unpaired) electrons. The summed E-state index contributed by atoms with van der Waals surface area (Å²) in [4.78, 5) is 26.0. The molecule has 0 spiro atoms.